The number of phenolic OH excluding ortho intramolecular Hbond substituents is 2. The van der Waals surface area contributed by atoms with Crippen molar-refractivity contribution in [3.8, 4) is 11.5 Å². The van der Waals surface area contributed by atoms with E-state index in [1.807, 2.05) is 12.1 Å². The maximum Gasteiger partial charge on any atom is 0.327 e. The smallest absolute Gasteiger partial charge is 0.327 e. The number of phenols is 2. The maximum absolute atomic E-state index is 11.0. The van der Waals surface area contributed by atoms with Gasteiger partial charge in [-0.3, -0.25) is 0 Å². The van der Waals surface area contributed by atoms with Crippen molar-refractivity contribution in [1.82, 2.24) is 0 Å². The van der Waals surface area contributed by atoms with Gasteiger partial charge in [0.1, 0.15) is 11.5 Å². The Balaban J connectivity index is 3.06. The molecule has 202 valence electrons. The minimum Gasteiger partial charge on any atom is -0.508 e. The Morgan fingerprint density at radius 3 is 1.14 bits per heavy atom. The summed E-state index contributed by atoms with van der Waals surface area (Å²) >= 11 is 0. The largest absolute Gasteiger partial charge is 0.508 e. The number of benzene rings is 2. The molecule has 0 spiro atoms. The first-order valence-corrected chi connectivity index (χ1v) is 13.8. The normalized spacial score (nSPS) is 13.7. The summed E-state index contributed by atoms with van der Waals surface area (Å²) < 4.78 is 5.51. The van der Waals surface area contributed by atoms with Crippen molar-refractivity contribution >= 4 is 8.60 Å². The van der Waals surface area contributed by atoms with Crippen LogP contribution in [0, 0.1) is 0 Å². The Kier molecular flexibility index (Phi) is 8.71. The second kappa shape index (κ2) is 10.3. The van der Waals surface area contributed by atoms with E-state index in [1.165, 1.54) is 0 Å². The molecule has 0 radical (unpaired) electrons. The standard InChI is InChI=1S/C30H47O5P/c1-27(2,3)21-15-25(31)23(29(7,8)9)13-18(21)20(17-35-36(33)34)19-14-24(30(10,11)12)26(32)16-22(19)28(4,5)6/h13-16,20,31-34H,17H2,1-12H3. The highest BCUT2D eigenvalue weighted by Crippen LogP contribution is 2.46. The number of hydrogen-bond donors (Lipinski definition) is 4. The zero-order valence-electron chi connectivity index (χ0n) is 24.2. The molecule has 0 fully saturated rings. The van der Waals surface area contributed by atoms with E-state index in [-0.39, 0.29) is 45.7 Å². The summed E-state index contributed by atoms with van der Waals surface area (Å²) in [6.45, 7) is 25.1. The average molecular weight is 519 g/mol. The summed E-state index contributed by atoms with van der Waals surface area (Å²) in [7, 11) is -2.56. The third kappa shape index (κ3) is 7.01. The fraction of sp³-hybridized carbons (Fsp3) is 0.600. The van der Waals surface area contributed by atoms with Gasteiger partial charge >= 0.3 is 8.60 Å². The van der Waals surface area contributed by atoms with Gasteiger partial charge in [0.15, 0.2) is 0 Å². The summed E-state index contributed by atoms with van der Waals surface area (Å²) in [5.41, 5.74) is 4.30. The van der Waals surface area contributed by atoms with Gasteiger partial charge < -0.3 is 24.5 Å². The Bertz CT molecular complexity index is 995. The molecule has 36 heavy (non-hydrogen) atoms. The first-order valence-electron chi connectivity index (χ1n) is 12.6. The van der Waals surface area contributed by atoms with Crippen LogP contribution in [0.15, 0.2) is 24.3 Å². The minimum atomic E-state index is -2.56. The third-order valence-corrected chi connectivity index (χ3v) is 7.06. The quantitative estimate of drug-likeness (QED) is 0.305. The van der Waals surface area contributed by atoms with Crippen LogP contribution in [0.2, 0.25) is 0 Å². The monoisotopic (exact) mass is 518 g/mol. The van der Waals surface area contributed by atoms with Crippen LogP contribution in [0.4, 0.5) is 0 Å². The van der Waals surface area contributed by atoms with Gasteiger partial charge in [0, 0.05) is 5.92 Å². The van der Waals surface area contributed by atoms with Crippen molar-refractivity contribution in [2.75, 3.05) is 6.61 Å². The molecule has 5 nitrogen and oxygen atoms in total. The van der Waals surface area contributed by atoms with E-state index in [4.69, 9.17) is 4.52 Å². The predicted octanol–water partition coefficient (Wildman–Crippen LogP) is 7.65. The molecule has 0 aliphatic rings. The van der Waals surface area contributed by atoms with Crippen molar-refractivity contribution in [1.29, 1.82) is 0 Å². The van der Waals surface area contributed by atoms with Gasteiger partial charge in [-0.25, -0.2) is 0 Å². The van der Waals surface area contributed by atoms with Gasteiger partial charge in [-0.1, -0.05) is 95.2 Å². The Morgan fingerprint density at radius 1 is 0.583 bits per heavy atom. The fourth-order valence-electron chi connectivity index (χ4n) is 4.78. The molecule has 0 bridgehead atoms. The van der Waals surface area contributed by atoms with E-state index in [0.29, 0.717) is 0 Å². The molecule has 0 aromatic heterocycles. The lowest BCUT2D eigenvalue weighted by Crippen LogP contribution is -2.25. The van der Waals surface area contributed by atoms with Crippen LogP contribution in [0.5, 0.6) is 11.5 Å². The fourth-order valence-corrected chi connectivity index (χ4v) is 5.06. The van der Waals surface area contributed by atoms with E-state index in [9.17, 15) is 20.0 Å². The maximum atomic E-state index is 11.0. The summed E-state index contributed by atoms with van der Waals surface area (Å²) in [6, 6.07) is 7.81. The molecule has 0 saturated heterocycles. The zero-order valence-corrected chi connectivity index (χ0v) is 25.1. The molecule has 0 unspecified atom stereocenters. The van der Waals surface area contributed by atoms with Gasteiger partial charge in [0.05, 0.1) is 6.61 Å². The summed E-state index contributed by atoms with van der Waals surface area (Å²) in [4.78, 5) is 19.5. The van der Waals surface area contributed by atoms with E-state index in [2.05, 4.69) is 95.2 Å². The second-order valence-corrected chi connectivity index (χ2v) is 14.8. The van der Waals surface area contributed by atoms with Crippen LogP contribution >= 0.6 is 8.60 Å². The molecule has 6 heteroatoms. The van der Waals surface area contributed by atoms with Crippen LogP contribution in [0.3, 0.4) is 0 Å². The van der Waals surface area contributed by atoms with Crippen molar-refractivity contribution in [2.45, 2.75) is 111 Å². The molecule has 0 amide bonds. The van der Waals surface area contributed by atoms with Crippen LogP contribution < -0.4 is 0 Å². The van der Waals surface area contributed by atoms with Crippen LogP contribution in [-0.2, 0) is 26.2 Å². The number of rotatable bonds is 5. The topological polar surface area (TPSA) is 90.2 Å². The molecule has 2 aromatic carbocycles. The Labute approximate surface area is 219 Å². The average Bonchev–Trinajstić information content (AvgIpc) is 2.65. The molecule has 0 heterocycles. The van der Waals surface area contributed by atoms with Gasteiger partial charge in [0.2, 0.25) is 0 Å². The summed E-state index contributed by atoms with van der Waals surface area (Å²) in [6.07, 6.45) is 0. The summed E-state index contributed by atoms with van der Waals surface area (Å²) in [5, 5.41) is 22.0. The van der Waals surface area contributed by atoms with Crippen molar-refractivity contribution < 1.29 is 24.5 Å². The van der Waals surface area contributed by atoms with Crippen LogP contribution in [-0.4, -0.2) is 26.6 Å². The van der Waals surface area contributed by atoms with Crippen molar-refractivity contribution in [3.05, 3.63) is 57.6 Å². The van der Waals surface area contributed by atoms with Gasteiger partial charge in [-0.2, -0.15) is 0 Å². The molecule has 4 N–H and O–H groups in total. The lowest BCUT2D eigenvalue weighted by Gasteiger charge is -2.35. The molecule has 0 aliphatic carbocycles. The van der Waals surface area contributed by atoms with Gasteiger partial charge in [0.25, 0.3) is 0 Å². The van der Waals surface area contributed by atoms with E-state index >= 15 is 0 Å². The first kappa shape index (κ1) is 30.6. The van der Waals surface area contributed by atoms with E-state index in [1.54, 1.807) is 0 Å². The molecule has 0 saturated carbocycles. The minimum absolute atomic E-state index is 0.0492. The second-order valence-electron chi connectivity index (χ2n) is 14.0. The van der Waals surface area contributed by atoms with Gasteiger partial charge in [-0.05, 0) is 67.2 Å². The first-order chi connectivity index (χ1) is 16.0. The molecule has 2 aromatic rings. The number of aromatic hydroxyl groups is 2. The Morgan fingerprint density at radius 2 is 0.889 bits per heavy atom. The predicted molar refractivity (Wildman–Crippen MR) is 150 cm³/mol. The van der Waals surface area contributed by atoms with Crippen molar-refractivity contribution in [3.63, 3.8) is 0 Å². The Hall–Kier alpha value is -1.65. The zero-order chi connectivity index (χ0) is 28.0. The molecular weight excluding hydrogens is 471 g/mol. The molecule has 0 aliphatic heterocycles. The lowest BCUT2D eigenvalue weighted by molar-refractivity contribution is 0.245. The van der Waals surface area contributed by atoms with E-state index < -0.39 is 8.60 Å². The highest BCUT2D eigenvalue weighted by Gasteiger charge is 2.34. The molecule has 2 rings (SSSR count). The highest BCUT2D eigenvalue weighted by atomic mass is 31.2. The van der Waals surface area contributed by atoms with E-state index in [0.717, 1.165) is 33.4 Å². The van der Waals surface area contributed by atoms with Crippen LogP contribution in [0.25, 0.3) is 0 Å². The van der Waals surface area contributed by atoms with Gasteiger partial charge in [-0.15, -0.1) is 0 Å². The van der Waals surface area contributed by atoms with Crippen LogP contribution in [0.1, 0.15) is 122 Å². The molecular formula is C30H47O5P. The third-order valence-electron chi connectivity index (χ3n) is 6.68. The summed E-state index contributed by atoms with van der Waals surface area (Å²) in [5.74, 6) is 0.139. The van der Waals surface area contributed by atoms with Crippen molar-refractivity contribution in [2.24, 2.45) is 0 Å². The lowest BCUT2D eigenvalue weighted by atomic mass is 9.71. The highest BCUT2D eigenvalue weighted by molar-refractivity contribution is 7.39. The SMILES string of the molecule is CC(C)(C)c1cc(C(COP(O)O)c2cc(C(C)(C)C)c(O)cc2C(C)(C)C)c(C(C)(C)C)cc1O. The number of hydrogen-bond acceptors (Lipinski definition) is 5. The molecule has 0 atom stereocenters.